The highest BCUT2D eigenvalue weighted by Crippen LogP contribution is 2.11. The maximum absolute atomic E-state index is 11.5. The Hall–Kier alpha value is -1.10. The van der Waals surface area contributed by atoms with Crippen LogP contribution in [0.1, 0.15) is 65.2 Å². The zero-order valence-electron chi connectivity index (χ0n) is 13.1. The number of rotatable bonds is 13. The lowest BCUT2D eigenvalue weighted by atomic mass is 10.1. The first-order valence-electron chi connectivity index (χ1n) is 7.84. The van der Waals surface area contributed by atoms with Crippen molar-refractivity contribution in [1.82, 2.24) is 4.90 Å². The molecule has 0 aliphatic rings. The highest BCUT2D eigenvalue weighted by molar-refractivity contribution is 5.81. The fraction of sp³-hybridized carbons (Fsp3) is 0.867. The van der Waals surface area contributed by atoms with E-state index in [2.05, 4.69) is 6.92 Å². The third-order valence-corrected chi connectivity index (χ3v) is 3.49. The van der Waals surface area contributed by atoms with Crippen molar-refractivity contribution in [2.24, 2.45) is 11.5 Å². The first-order chi connectivity index (χ1) is 9.52. The minimum Gasteiger partial charge on any atom is -0.369 e. The van der Waals surface area contributed by atoms with Crippen molar-refractivity contribution in [2.75, 3.05) is 13.1 Å². The van der Waals surface area contributed by atoms with Gasteiger partial charge in [-0.1, -0.05) is 52.4 Å². The number of carbonyl (C=O) groups is 2. The second kappa shape index (κ2) is 11.7. The van der Waals surface area contributed by atoms with Crippen molar-refractivity contribution in [1.29, 1.82) is 0 Å². The van der Waals surface area contributed by atoms with E-state index in [-0.39, 0.29) is 18.5 Å². The number of primary amides is 2. The average Bonchev–Trinajstić information content (AvgIpc) is 2.38. The monoisotopic (exact) mass is 285 g/mol. The van der Waals surface area contributed by atoms with Gasteiger partial charge in [-0.15, -0.1) is 0 Å². The molecule has 0 saturated carbocycles. The van der Waals surface area contributed by atoms with E-state index in [1.165, 1.54) is 25.7 Å². The fourth-order valence-electron chi connectivity index (χ4n) is 2.42. The quantitative estimate of drug-likeness (QED) is 0.505. The van der Waals surface area contributed by atoms with Gasteiger partial charge in [0.25, 0.3) is 0 Å². The molecule has 5 nitrogen and oxygen atoms in total. The number of unbranched alkanes of at least 4 members (excludes halogenated alkanes) is 5. The highest BCUT2D eigenvalue weighted by atomic mass is 16.2. The van der Waals surface area contributed by atoms with E-state index in [9.17, 15) is 9.59 Å². The lowest BCUT2D eigenvalue weighted by Gasteiger charge is -2.28. The van der Waals surface area contributed by atoms with Crippen LogP contribution >= 0.6 is 0 Å². The number of hydrogen-bond acceptors (Lipinski definition) is 3. The minimum absolute atomic E-state index is 0.114. The molecule has 0 aromatic carbocycles. The Balaban J connectivity index is 4.25. The summed E-state index contributed by atoms with van der Waals surface area (Å²) in [5.74, 6) is -0.766. The number of hydrogen-bond donors (Lipinski definition) is 2. The van der Waals surface area contributed by atoms with Gasteiger partial charge in [-0.3, -0.25) is 14.5 Å². The predicted molar refractivity (Wildman–Crippen MR) is 82.0 cm³/mol. The summed E-state index contributed by atoms with van der Waals surface area (Å²) in [4.78, 5) is 24.5. The van der Waals surface area contributed by atoms with Crippen molar-refractivity contribution < 1.29 is 9.59 Å². The van der Waals surface area contributed by atoms with Crippen LogP contribution in [0.25, 0.3) is 0 Å². The summed E-state index contributed by atoms with van der Waals surface area (Å²) in [5.41, 5.74) is 10.7. The summed E-state index contributed by atoms with van der Waals surface area (Å²) in [6, 6.07) is -0.372. The van der Waals surface area contributed by atoms with Gasteiger partial charge in [0, 0.05) is 0 Å². The zero-order chi connectivity index (χ0) is 15.4. The Morgan fingerprint density at radius 1 is 0.950 bits per heavy atom. The summed E-state index contributed by atoms with van der Waals surface area (Å²) in [5, 5.41) is 0. The Bertz CT molecular complexity index is 282. The molecule has 0 fully saturated rings. The molecule has 1 atom stereocenters. The maximum Gasteiger partial charge on any atom is 0.234 e. The van der Waals surface area contributed by atoms with Crippen LogP contribution in [0.5, 0.6) is 0 Å². The summed E-state index contributed by atoms with van der Waals surface area (Å²) in [7, 11) is 0. The maximum atomic E-state index is 11.5. The Morgan fingerprint density at radius 2 is 1.55 bits per heavy atom. The van der Waals surface area contributed by atoms with Gasteiger partial charge in [-0.25, -0.2) is 0 Å². The van der Waals surface area contributed by atoms with Crippen LogP contribution in [-0.4, -0.2) is 35.8 Å². The average molecular weight is 285 g/mol. The summed E-state index contributed by atoms with van der Waals surface area (Å²) < 4.78 is 0. The second-order valence-corrected chi connectivity index (χ2v) is 5.41. The molecule has 0 rings (SSSR count). The molecule has 0 spiro atoms. The Labute approximate surface area is 123 Å². The SMILES string of the molecule is CCCCCCCCN(CC(N)=O)C(CCC)C(N)=O. The molecule has 0 bridgehead atoms. The van der Waals surface area contributed by atoms with Gasteiger partial charge in [-0.2, -0.15) is 0 Å². The van der Waals surface area contributed by atoms with E-state index < -0.39 is 5.91 Å². The van der Waals surface area contributed by atoms with Crippen LogP contribution in [0.2, 0.25) is 0 Å². The predicted octanol–water partition coefficient (Wildman–Crippen LogP) is 1.79. The van der Waals surface area contributed by atoms with Gasteiger partial charge in [0.15, 0.2) is 0 Å². The first kappa shape index (κ1) is 18.9. The Kier molecular flexibility index (Phi) is 11.1. The van der Waals surface area contributed by atoms with Crippen LogP contribution in [0, 0.1) is 0 Å². The molecule has 0 aromatic heterocycles. The van der Waals surface area contributed by atoms with Crippen LogP contribution < -0.4 is 11.5 Å². The molecule has 0 saturated heterocycles. The summed E-state index contributed by atoms with van der Waals surface area (Å²) in [6.07, 6.45) is 8.59. The third-order valence-electron chi connectivity index (χ3n) is 3.49. The van der Waals surface area contributed by atoms with E-state index >= 15 is 0 Å². The lowest BCUT2D eigenvalue weighted by molar-refractivity contribution is -0.126. The summed E-state index contributed by atoms with van der Waals surface area (Å²) in [6.45, 7) is 5.02. The van der Waals surface area contributed by atoms with Gasteiger partial charge < -0.3 is 11.5 Å². The van der Waals surface area contributed by atoms with Gasteiger partial charge >= 0.3 is 0 Å². The van der Waals surface area contributed by atoms with Crippen LogP contribution in [0.3, 0.4) is 0 Å². The van der Waals surface area contributed by atoms with Gasteiger partial charge in [0.05, 0.1) is 12.6 Å². The highest BCUT2D eigenvalue weighted by Gasteiger charge is 2.23. The largest absolute Gasteiger partial charge is 0.369 e. The van der Waals surface area contributed by atoms with Crippen molar-refractivity contribution >= 4 is 11.8 Å². The third kappa shape index (κ3) is 8.91. The molecular weight excluding hydrogens is 254 g/mol. The van der Waals surface area contributed by atoms with E-state index in [1.54, 1.807) is 0 Å². The number of amides is 2. The minimum atomic E-state index is -0.404. The van der Waals surface area contributed by atoms with E-state index in [4.69, 9.17) is 11.5 Å². The van der Waals surface area contributed by atoms with Crippen LogP contribution in [0.15, 0.2) is 0 Å². The van der Waals surface area contributed by atoms with Crippen molar-refractivity contribution in [3.63, 3.8) is 0 Å². The molecule has 5 heteroatoms. The first-order valence-corrected chi connectivity index (χ1v) is 7.84. The molecule has 2 amide bonds. The van der Waals surface area contributed by atoms with Crippen molar-refractivity contribution in [3.05, 3.63) is 0 Å². The van der Waals surface area contributed by atoms with Gasteiger partial charge in [-0.05, 0) is 19.4 Å². The molecule has 0 radical (unpaired) electrons. The van der Waals surface area contributed by atoms with Gasteiger partial charge in [0.2, 0.25) is 11.8 Å². The number of nitrogens with two attached hydrogens (primary N) is 2. The molecule has 1 unspecified atom stereocenters. The smallest absolute Gasteiger partial charge is 0.234 e. The molecule has 118 valence electrons. The topological polar surface area (TPSA) is 89.4 Å². The molecule has 0 aromatic rings. The van der Waals surface area contributed by atoms with Crippen LogP contribution in [-0.2, 0) is 9.59 Å². The lowest BCUT2D eigenvalue weighted by Crippen LogP contribution is -2.48. The Morgan fingerprint density at radius 3 is 2.05 bits per heavy atom. The fourth-order valence-corrected chi connectivity index (χ4v) is 2.42. The standard InChI is InChI=1S/C15H31N3O2/c1-3-5-6-7-8-9-11-18(12-14(16)19)13(10-4-2)15(17)20/h13H,3-12H2,1-2H3,(H2,16,19)(H2,17,20). The normalized spacial score (nSPS) is 12.6. The van der Waals surface area contributed by atoms with E-state index in [0.717, 1.165) is 19.3 Å². The molecule has 0 heterocycles. The van der Waals surface area contributed by atoms with Crippen molar-refractivity contribution in [3.8, 4) is 0 Å². The molecule has 0 aliphatic carbocycles. The molecule has 0 aliphatic heterocycles. The zero-order valence-corrected chi connectivity index (χ0v) is 13.1. The molecular formula is C15H31N3O2. The van der Waals surface area contributed by atoms with E-state index in [0.29, 0.717) is 13.0 Å². The van der Waals surface area contributed by atoms with Crippen molar-refractivity contribution in [2.45, 2.75) is 71.3 Å². The summed E-state index contributed by atoms with van der Waals surface area (Å²) >= 11 is 0. The molecule has 20 heavy (non-hydrogen) atoms. The molecule has 4 N–H and O–H groups in total. The number of nitrogens with zero attached hydrogens (tertiary/aromatic N) is 1. The van der Waals surface area contributed by atoms with E-state index in [1.807, 2.05) is 11.8 Å². The second-order valence-electron chi connectivity index (χ2n) is 5.41. The number of carbonyl (C=O) groups excluding carboxylic acids is 2. The van der Waals surface area contributed by atoms with Crippen LogP contribution in [0.4, 0.5) is 0 Å². The van der Waals surface area contributed by atoms with Gasteiger partial charge in [0.1, 0.15) is 0 Å².